The van der Waals surface area contributed by atoms with Gasteiger partial charge >= 0.3 is 0 Å². The van der Waals surface area contributed by atoms with Crippen LogP contribution in [0.25, 0.3) is 10.9 Å². The SMILES string of the molecule is CC(Nc1cccc(C(=N)N)c1)C(=O)NC(C(=O)NCCc1c[nH]c2ccccc12)C(C)C. The number of anilines is 1. The number of amides is 2. The number of carbonyl (C=O) groups excluding carboxylic acids is 2. The van der Waals surface area contributed by atoms with E-state index in [1.807, 2.05) is 38.2 Å². The summed E-state index contributed by atoms with van der Waals surface area (Å²) in [6.45, 7) is 6.00. The Kier molecular flexibility index (Phi) is 7.71. The molecule has 1 aromatic heterocycles. The van der Waals surface area contributed by atoms with Crippen LogP contribution in [0.2, 0.25) is 0 Å². The lowest BCUT2D eigenvalue weighted by Crippen LogP contribution is -2.53. The van der Waals surface area contributed by atoms with Gasteiger partial charge in [0.15, 0.2) is 0 Å². The predicted octanol–water partition coefficient (Wildman–Crippen LogP) is 2.75. The Bertz CT molecular complexity index is 1140. The van der Waals surface area contributed by atoms with Crippen LogP contribution in [-0.2, 0) is 16.0 Å². The fraction of sp³-hybridized carbons (Fsp3) is 0.320. The molecule has 0 aliphatic rings. The lowest BCUT2D eigenvalue weighted by Gasteiger charge is -2.24. The van der Waals surface area contributed by atoms with Crippen LogP contribution in [0.5, 0.6) is 0 Å². The van der Waals surface area contributed by atoms with Crippen molar-refractivity contribution >= 4 is 34.2 Å². The van der Waals surface area contributed by atoms with Gasteiger partial charge in [-0.3, -0.25) is 15.0 Å². The molecule has 8 heteroatoms. The maximum atomic E-state index is 12.8. The second-order valence-corrected chi connectivity index (χ2v) is 8.49. The molecule has 0 saturated carbocycles. The van der Waals surface area contributed by atoms with Gasteiger partial charge in [-0.1, -0.05) is 44.2 Å². The molecule has 8 nitrogen and oxygen atoms in total. The van der Waals surface area contributed by atoms with Crippen molar-refractivity contribution in [1.29, 1.82) is 5.41 Å². The van der Waals surface area contributed by atoms with Gasteiger partial charge in [-0.05, 0) is 43.0 Å². The van der Waals surface area contributed by atoms with Crippen molar-refractivity contribution in [3.63, 3.8) is 0 Å². The predicted molar refractivity (Wildman–Crippen MR) is 132 cm³/mol. The fourth-order valence-corrected chi connectivity index (χ4v) is 3.67. The monoisotopic (exact) mass is 448 g/mol. The summed E-state index contributed by atoms with van der Waals surface area (Å²) >= 11 is 0. The molecule has 174 valence electrons. The van der Waals surface area contributed by atoms with E-state index in [4.69, 9.17) is 11.1 Å². The van der Waals surface area contributed by atoms with Crippen LogP contribution < -0.4 is 21.7 Å². The highest BCUT2D eigenvalue weighted by atomic mass is 16.2. The van der Waals surface area contributed by atoms with E-state index in [9.17, 15) is 9.59 Å². The highest BCUT2D eigenvalue weighted by Crippen LogP contribution is 2.18. The highest BCUT2D eigenvalue weighted by Gasteiger charge is 2.26. The lowest BCUT2D eigenvalue weighted by atomic mass is 10.0. The van der Waals surface area contributed by atoms with E-state index in [-0.39, 0.29) is 23.6 Å². The average Bonchev–Trinajstić information content (AvgIpc) is 3.20. The first-order valence-electron chi connectivity index (χ1n) is 11.1. The standard InChI is InChI=1S/C25H32N6O2/c1-15(2)22(25(33)28-12-11-18-14-29-21-10-5-4-9-20(18)21)31-24(32)16(3)30-19-8-6-7-17(13-19)23(26)27/h4-10,13-16,22,29-30H,11-12H2,1-3H3,(H3,26,27)(H,28,33)(H,31,32). The molecule has 2 unspecified atom stereocenters. The fourth-order valence-electron chi connectivity index (χ4n) is 3.67. The minimum absolute atomic E-state index is 0.0417. The quantitative estimate of drug-likeness (QED) is 0.210. The van der Waals surface area contributed by atoms with E-state index in [2.05, 4.69) is 27.0 Å². The van der Waals surface area contributed by atoms with Gasteiger partial charge in [0.25, 0.3) is 0 Å². The number of benzene rings is 2. The molecule has 3 aromatic rings. The second kappa shape index (κ2) is 10.7. The van der Waals surface area contributed by atoms with Gasteiger partial charge in [0.1, 0.15) is 17.9 Å². The molecule has 0 saturated heterocycles. The molecule has 0 fully saturated rings. The van der Waals surface area contributed by atoms with E-state index in [0.29, 0.717) is 24.2 Å². The normalized spacial score (nSPS) is 12.8. The number of para-hydroxylation sites is 1. The molecule has 0 spiro atoms. The molecule has 7 N–H and O–H groups in total. The Labute approximate surface area is 193 Å². The van der Waals surface area contributed by atoms with Crippen molar-refractivity contribution in [2.24, 2.45) is 11.7 Å². The smallest absolute Gasteiger partial charge is 0.242 e. The number of nitrogens with two attached hydrogens (primary N) is 1. The molecule has 33 heavy (non-hydrogen) atoms. The molecular formula is C25H32N6O2. The molecule has 0 radical (unpaired) electrons. The number of nitrogens with one attached hydrogen (secondary N) is 5. The zero-order chi connectivity index (χ0) is 24.0. The topological polar surface area (TPSA) is 136 Å². The van der Waals surface area contributed by atoms with Gasteiger partial charge in [0.2, 0.25) is 11.8 Å². The van der Waals surface area contributed by atoms with Crippen molar-refractivity contribution in [1.82, 2.24) is 15.6 Å². The summed E-state index contributed by atoms with van der Waals surface area (Å²) in [7, 11) is 0. The third kappa shape index (κ3) is 6.12. The number of fused-ring (bicyclic) bond motifs is 1. The molecule has 0 aliphatic heterocycles. The summed E-state index contributed by atoms with van der Waals surface area (Å²) < 4.78 is 0. The molecule has 2 amide bonds. The maximum absolute atomic E-state index is 12.8. The Morgan fingerprint density at radius 1 is 1.06 bits per heavy atom. The molecule has 3 rings (SSSR count). The van der Waals surface area contributed by atoms with Crippen LogP contribution in [0, 0.1) is 11.3 Å². The van der Waals surface area contributed by atoms with Crippen molar-refractivity contribution in [3.05, 3.63) is 65.9 Å². The number of amidine groups is 1. The summed E-state index contributed by atoms with van der Waals surface area (Å²) in [5.41, 5.74) is 8.99. The van der Waals surface area contributed by atoms with Crippen LogP contribution in [0.15, 0.2) is 54.7 Å². The molecular weight excluding hydrogens is 416 g/mol. The van der Waals surface area contributed by atoms with Crippen LogP contribution in [0.1, 0.15) is 31.9 Å². The van der Waals surface area contributed by atoms with Crippen LogP contribution in [-0.4, -0.2) is 41.3 Å². The van der Waals surface area contributed by atoms with E-state index in [1.165, 1.54) is 0 Å². The number of nitrogen functional groups attached to an aromatic ring is 1. The first kappa shape index (κ1) is 23.8. The molecule has 2 atom stereocenters. The minimum atomic E-state index is -0.645. The van der Waals surface area contributed by atoms with E-state index < -0.39 is 12.1 Å². The molecule has 0 aliphatic carbocycles. The number of rotatable bonds is 10. The van der Waals surface area contributed by atoms with Crippen LogP contribution in [0.4, 0.5) is 5.69 Å². The van der Waals surface area contributed by atoms with E-state index >= 15 is 0 Å². The second-order valence-electron chi connectivity index (χ2n) is 8.49. The van der Waals surface area contributed by atoms with Gasteiger partial charge in [0, 0.05) is 34.9 Å². The average molecular weight is 449 g/mol. The lowest BCUT2D eigenvalue weighted by molar-refractivity contribution is -0.130. The van der Waals surface area contributed by atoms with Gasteiger partial charge in [-0.25, -0.2) is 0 Å². The largest absolute Gasteiger partial charge is 0.384 e. The molecule has 1 heterocycles. The molecule has 0 bridgehead atoms. The first-order chi connectivity index (χ1) is 15.8. The number of hydrogen-bond donors (Lipinski definition) is 6. The molecule has 2 aromatic carbocycles. The summed E-state index contributed by atoms with van der Waals surface area (Å²) in [5.74, 6) is -0.604. The minimum Gasteiger partial charge on any atom is -0.384 e. The van der Waals surface area contributed by atoms with Crippen LogP contribution >= 0.6 is 0 Å². The van der Waals surface area contributed by atoms with Crippen LogP contribution in [0.3, 0.4) is 0 Å². The zero-order valence-electron chi connectivity index (χ0n) is 19.2. The van der Waals surface area contributed by atoms with Gasteiger partial charge in [0.05, 0.1) is 0 Å². The maximum Gasteiger partial charge on any atom is 0.242 e. The summed E-state index contributed by atoms with van der Waals surface area (Å²) in [5, 5.41) is 17.6. The Morgan fingerprint density at radius 3 is 2.55 bits per heavy atom. The van der Waals surface area contributed by atoms with Crippen molar-refractivity contribution in [2.75, 3.05) is 11.9 Å². The number of aromatic nitrogens is 1. The highest BCUT2D eigenvalue weighted by molar-refractivity contribution is 5.96. The number of hydrogen-bond acceptors (Lipinski definition) is 4. The van der Waals surface area contributed by atoms with Crippen molar-refractivity contribution < 1.29 is 9.59 Å². The van der Waals surface area contributed by atoms with Crippen molar-refractivity contribution in [3.8, 4) is 0 Å². The summed E-state index contributed by atoms with van der Waals surface area (Å²) in [6.07, 6.45) is 2.66. The number of H-pyrrole nitrogens is 1. The van der Waals surface area contributed by atoms with E-state index in [0.717, 1.165) is 16.5 Å². The van der Waals surface area contributed by atoms with Crippen molar-refractivity contribution in [2.45, 2.75) is 39.3 Å². The van der Waals surface area contributed by atoms with Gasteiger partial charge in [-0.2, -0.15) is 0 Å². The van der Waals surface area contributed by atoms with E-state index in [1.54, 1.807) is 31.2 Å². The number of aromatic amines is 1. The zero-order valence-corrected chi connectivity index (χ0v) is 19.2. The summed E-state index contributed by atoms with van der Waals surface area (Å²) in [4.78, 5) is 28.8. The van der Waals surface area contributed by atoms with Gasteiger partial charge < -0.3 is 26.7 Å². The van der Waals surface area contributed by atoms with Gasteiger partial charge in [-0.15, -0.1) is 0 Å². The Hall–Kier alpha value is -3.81. The third-order valence-electron chi connectivity index (χ3n) is 5.57. The third-order valence-corrected chi connectivity index (χ3v) is 5.57. The number of carbonyl (C=O) groups is 2. The Morgan fingerprint density at radius 2 is 1.82 bits per heavy atom. The Balaban J connectivity index is 1.55. The summed E-state index contributed by atoms with van der Waals surface area (Å²) in [6, 6.07) is 13.8. The first-order valence-corrected chi connectivity index (χ1v) is 11.1.